The van der Waals surface area contributed by atoms with Crippen LogP contribution in [0.5, 0.6) is 0 Å². The highest BCUT2D eigenvalue weighted by atomic mass is 32.2. The minimum Gasteiger partial charge on any atom is -0.389 e. The maximum absolute atomic E-state index is 10.2. The second-order valence-corrected chi connectivity index (χ2v) is 6.46. The first-order valence-electron chi connectivity index (χ1n) is 6.84. The molecule has 1 heterocycles. The van der Waals surface area contributed by atoms with Gasteiger partial charge < -0.3 is 10.4 Å². The van der Waals surface area contributed by atoms with Crippen LogP contribution in [0, 0.1) is 0 Å². The van der Waals surface area contributed by atoms with E-state index in [2.05, 4.69) is 29.6 Å². The Labute approximate surface area is 114 Å². The van der Waals surface area contributed by atoms with Gasteiger partial charge in [-0.25, -0.2) is 0 Å². The molecule has 18 heavy (non-hydrogen) atoms. The first kappa shape index (κ1) is 13.9. The van der Waals surface area contributed by atoms with Crippen LogP contribution in [0.4, 0.5) is 0 Å². The van der Waals surface area contributed by atoms with Crippen molar-refractivity contribution in [3.05, 3.63) is 29.8 Å². The summed E-state index contributed by atoms with van der Waals surface area (Å²) in [6, 6.07) is 8.64. The Morgan fingerprint density at radius 1 is 1.33 bits per heavy atom. The van der Waals surface area contributed by atoms with Gasteiger partial charge in [-0.1, -0.05) is 32.0 Å². The first-order chi connectivity index (χ1) is 8.67. The van der Waals surface area contributed by atoms with E-state index in [9.17, 15) is 5.11 Å². The van der Waals surface area contributed by atoms with Crippen molar-refractivity contribution in [2.45, 2.75) is 48.9 Å². The summed E-state index contributed by atoms with van der Waals surface area (Å²) in [5.41, 5.74) is 0.936. The van der Waals surface area contributed by atoms with E-state index in [4.69, 9.17) is 0 Å². The molecule has 1 aliphatic heterocycles. The second-order valence-electron chi connectivity index (χ2n) is 5.11. The van der Waals surface area contributed by atoms with Crippen LogP contribution >= 0.6 is 11.8 Å². The van der Waals surface area contributed by atoms with E-state index in [-0.39, 0.29) is 0 Å². The van der Waals surface area contributed by atoms with Gasteiger partial charge in [-0.2, -0.15) is 0 Å². The Morgan fingerprint density at radius 2 is 2.06 bits per heavy atom. The second kappa shape index (κ2) is 6.09. The van der Waals surface area contributed by atoms with Crippen molar-refractivity contribution >= 4 is 11.8 Å². The topological polar surface area (TPSA) is 32.3 Å². The lowest BCUT2D eigenvalue weighted by Crippen LogP contribution is -2.41. The summed E-state index contributed by atoms with van der Waals surface area (Å²) < 4.78 is 0. The van der Waals surface area contributed by atoms with Crippen molar-refractivity contribution in [3.63, 3.8) is 0 Å². The van der Waals surface area contributed by atoms with Crippen molar-refractivity contribution in [3.8, 4) is 0 Å². The van der Waals surface area contributed by atoms with Gasteiger partial charge in [-0.3, -0.25) is 0 Å². The average molecular weight is 265 g/mol. The fourth-order valence-electron chi connectivity index (χ4n) is 2.33. The largest absolute Gasteiger partial charge is 0.389 e. The first-order valence-corrected chi connectivity index (χ1v) is 7.72. The predicted molar refractivity (Wildman–Crippen MR) is 78.2 cm³/mol. The fraction of sp³-hybridized carbons (Fsp3) is 0.600. The van der Waals surface area contributed by atoms with Gasteiger partial charge in [0.2, 0.25) is 0 Å². The number of nitrogens with one attached hydrogen (secondary N) is 1. The maximum atomic E-state index is 10.2. The monoisotopic (exact) mass is 265 g/mol. The quantitative estimate of drug-likeness (QED) is 0.829. The smallest absolute Gasteiger partial charge is 0.0766 e. The molecular weight excluding hydrogens is 242 g/mol. The molecule has 0 spiro atoms. The maximum Gasteiger partial charge on any atom is 0.0766 e. The molecule has 0 aromatic heterocycles. The summed E-state index contributed by atoms with van der Waals surface area (Å²) in [4.78, 5) is 1.42. The molecule has 0 amide bonds. The Hall–Kier alpha value is -0.510. The Morgan fingerprint density at radius 3 is 2.72 bits per heavy atom. The third-order valence-corrected chi connectivity index (χ3v) is 5.17. The minimum absolute atomic E-state index is 0.532. The van der Waals surface area contributed by atoms with Gasteiger partial charge in [0.25, 0.3) is 0 Å². The summed E-state index contributed by atoms with van der Waals surface area (Å²) in [6.07, 6.45) is 2.77. The van der Waals surface area contributed by atoms with Gasteiger partial charge in [0.05, 0.1) is 5.60 Å². The molecule has 0 fully saturated rings. The molecule has 0 aliphatic carbocycles. The van der Waals surface area contributed by atoms with E-state index in [1.807, 2.05) is 25.6 Å². The van der Waals surface area contributed by atoms with Gasteiger partial charge in [0, 0.05) is 23.2 Å². The van der Waals surface area contributed by atoms with Crippen LogP contribution in [-0.2, 0) is 6.42 Å². The summed E-state index contributed by atoms with van der Waals surface area (Å²) in [7, 11) is 0. The van der Waals surface area contributed by atoms with Gasteiger partial charge in [0.15, 0.2) is 0 Å². The van der Waals surface area contributed by atoms with E-state index in [1.165, 1.54) is 10.5 Å². The molecule has 100 valence electrons. The highest BCUT2D eigenvalue weighted by Crippen LogP contribution is 2.36. The third kappa shape index (κ3) is 3.28. The molecule has 2 rings (SSSR count). The molecular formula is C15H23NOS. The van der Waals surface area contributed by atoms with Gasteiger partial charge in [0.1, 0.15) is 0 Å². The van der Waals surface area contributed by atoms with Crippen molar-refractivity contribution in [2.75, 3.05) is 13.1 Å². The van der Waals surface area contributed by atoms with Crippen LogP contribution in [0.25, 0.3) is 0 Å². The van der Waals surface area contributed by atoms with Crippen molar-refractivity contribution in [1.29, 1.82) is 0 Å². The highest BCUT2D eigenvalue weighted by molar-refractivity contribution is 8.00. The van der Waals surface area contributed by atoms with E-state index in [1.54, 1.807) is 0 Å². The third-order valence-electron chi connectivity index (χ3n) is 3.86. The molecule has 0 saturated carbocycles. The van der Waals surface area contributed by atoms with Crippen LogP contribution in [0.1, 0.15) is 32.3 Å². The SMILES string of the molecule is CCC(O)(CC)CNCC1Cc2ccccc2S1. The van der Waals surface area contributed by atoms with Crippen LogP contribution in [0.3, 0.4) is 0 Å². The predicted octanol–water partition coefficient (Wildman–Crippen LogP) is 2.84. The Kier molecular flexibility index (Phi) is 4.71. The molecule has 1 unspecified atom stereocenters. The van der Waals surface area contributed by atoms with Crippen LogP contribution < -0.4 is 5.32 Å². The lowest BCUT2D eigenvalue weighted by Gasteiger charge is -2.26. The van der Waals surface area contributed by atoms with E-state index >= 15 is 0 Å². The summed E-state index contributed by atoms with van der Waals surface area (Å²) in [5.74, 6) is 0. The minimum atomic E-state index is -0.532. The molecule has 3 heteroatoms. The number of hydrogen-bond acceptors (Lipinski definition) is 3. The summed E-state index contributed by atoms with van der Waals surface area (Å²) in [5, 5.41) is 14.3. The molecule has 2 N–H and O–H groups in total. The summed E-state index contributed by atoms with van der Waals surface area (Å²) >= 11 is 1.96. The lowest BCUT2D eigenvalue weighted by atomic mass is 9.97. The molecule has 1 aromatic carbocycles. The number of benzene rings is 1. The zero-order valence-corrected chi connectivity index (χ0v) is 12.1. The van der Waals surface area contributed by atoms with Crippen molar-refractivity contribution < 1.29 is 5.11 Å². The highest BCUT2D eigenvalue weighted by Gasteiger charge is 2.24. The zero-order valence-electron chi connectivity index (χ0n) is 11.3. The molecule has 1 aromatic rings. The number of thioether (sulfide) groups is 1. The van der Waals surface area contributed by atoms with Gasteiger partial charge >= 0.3 is 0 Å². The van der Waals surface area contributed by atoms with Crippen LogP contribution in [0.2, 0.25) is 0 Å². The van der Waals surface area contributed by atoms with E-state index in [0.29, 0.717) is 11.8 Å². The van der Waals surface area contributed by atoms with Gasteiger partial charge in [-0.15, -0.1) is 11.8 Å². The lowest BCUT2D eigenvalue weighted by molar-refractivity contribution is 0.0328. The standard InChI is InChI=1S/C15H23NOS/c1-3-15(17,4-2)11-16-10-13-9-12-7-5-6-8-14(12)18-13/h5-8,13,16-17H,3-4,9-11H2,1-2H3. The van der Waals surface area contributed by atoms with Gasteiger partial charge in [-0.05, 0) is 30.9 Å². The molecule has 1 aliphatic rings. The number of fused-ring (bicyclic) bond motifs is 1. The van der Waals surface area contributed by atoms with Crippen LogP contribution in [0.15, 0.2) is 29.2 Å². The molecule has 0 bridgehead atoms. The number of hydrogen-bond donors (Lipinski definition) is 2. The van der Waals surface area contributed by atoms with Crippen molar-refractivity contribution in [2.24, 2.45) is 0 Å². The Balaban J connectivity index is 1.77. The van der Waals surface area contributed by atoms with Crippen molar-refractivity contribution in [1.82, 2.24) is 5.32 Å². The van der Waals surface area contributed by atoms with E-state index in [0.717, 1.165) is 25.8 Å². The van der Waals surface area contributed by atoms with E-state index < -0.39 is 5.60 Å². The molecule has 1 atom stereocenters. The number of aliphatic hydroxyl groups is 1. The molecule has 2 nitrogen and oxygen atoms in total. The summed E-state index contributed by atoms with van der Waals surface area (Å²) in [6.45, 7) is 5.77. The molecule has 0 saturated heterocycles. The fourth-order valence-corrected chi connectivity index (χ4v) is 3.62. The average Bonchev–Trinajstić information content (AvgIpc) is 2.81. The number of rotatable bonds is 6. The normalized spacial score (nSPS) is 18.9. The zero-order chi connectivity index (χ0) is 13.0. The Bertz CT molecular complexity index is 365. The van der Waals surface area contributed by atoms with Crippen LogP contribution in [-0.4, -0.2) is 29.0 Å². The molecule has 0 radical (unpaired) electrons.